The van der Waals surface area contributed by atoms with E-state index in [1.165, 1.54) is 51.0 Å². The molecule has 0 amide bonds. The molecule has 0 spiro atoms. The minimum absolute atomic E-state index is 0.112. The third kappa shape index (κ3) is 4.96. The van der Waals surface area contributed by atoms with E-state index in [2.05, 4.69) is 6.92 Å². The van der Waals surface area contributed by atoms with E-state index in [9.17, 15) is 4.39 Å². The largest absolute Gasteiger partial charge is 0.489 e. The summed E-state index contributed by atoms with van der Waals surface area (Å²) in [5.74, 6) is 2.17. The summed E-state index contributed by atoms with van der Waals surface area (Å²) in [6.07, 6.45) is 15.0. The van der Waals surface area contributed by atoms with Crippen molar-refractivity contribution in [1.82, 2.24) is 0 Å². The van der Waals surface area contributed by atoms with Crippen LogP contribution in [0.1, 0.15) is 83.1 Å². The van der Waals surface area contributed by atoms with E-state index in [1.807, 2.05) is 31.2 Å². The molecule has 2 saturated carbocycles. The number of fused-ring (bicyclic) bond motifs is 2. The topological polar surface area (TPSA) is 9.23 Å². The highest BCUT2D eigenvalue weighted by Crippen LogP contribution is 2.49. The van der Waals surface area contributed by atoms with Gasteiger partial charge >= 0.3 is 0 Å². The summed E-state index contributed by atoms with van der Waals surface area (Å²) in [6.45, 7) is 4.56. The molecular weight excluding hydrogens is 390 g/mol. The average Bonchev–Trinajstić information content (AvgIpc) is 2.77. The number of unbranched alkanes of at least 4 members (excludes halogenated alkanes) is 1. The Morgan fingerprint density at radius 1 is 1.03 bits per heavy atom. The lowest BCUT2D eigenvalue weighted by molar-refractivity contribution is 0.113. The Morgan fingerprint density at radius 2 is 1.84 bits per heavy atom. The first-order chi connectivity index (χ1) is 15.1. The van der Waals surface area contributed by atoms with Crippen LogP contribution in [0.15, 0.2) is 36.4 Å². The van der Waals surface area contributed by atoms with Crippen LogP contribution in [0.4, 0.5) is 8.78 Å². The Kier molecular flexibility index (Phi) is 7.30. The van der Waals surface area contributed by atoms with Gasteiger partial charge < -0.3 is 4.74 Å². The fraction of sp³-hybridized carbons (Fsp3) is 0.571. The molecule has 2 aromatic rings. The third-order valence-corrected chi connectivity index (χ3v) is 7.72. The number of halogens is 2. The van der Waals surface area contributed by atoms with Crippen molar-refractivity contribution in [2.24, 2.45) is 17.8 Å². The van der Waals surface area contributed by atoms with Crippen LogP contribution in [0.5, 0.6) is 5.75 Å². The van der Waals surface area contributed by atoms with Gasteiger partial charge in [0.25, 0.3) is 0 Å². The summed E-state index contributed by atoms with van der Waals surface area (Å²) >= 11 is 0. The highest BCUT2D eigenvalue weighted by molar-refractivity contribution is 5.86. The maximum absolute atomic E-state index is 15.5. The van der Waals surface area contributed by atoms with Crippen LogP contribution in [-0.4, -0.2) is 6.61 Å². The first-order valence-corrected chi connectivity index (χ1v) is 12.3. The first-order valence-electron chi connectivity index (χ1n) is 12.3. The second-order valence-electron chi connectivity index (χ2n) is 9.70. The average molecular weight is 427 g/mol. The maximum atomic E-state index is 15.5. The van der Waals surface area contributed by atoms with Gasteiger partial charge in [0, 0.05) is 6.07 Å². The highest BCUT2D eigenvalue weighted by Gasteiger charge is 2.36. The van der Waals surface area contributed by atoms with Gasteiger partial charge in [-0.05, 0) is 79.7 Å². The third-order valence-electron chi connectivity index (χ3n) is 7.72. The fourth-order valence-electron chi connectivity index (χ4n) is 6.03. The van der Waals surface area contributed by atoms with Gasteiger partial charge in [-0.3, -0.25) is 0 Å². The van der Waals surface area contributed by atoms with E-state index in [1.54, 1.807) is 6.07 Å². The zero-order chi connectivity index (χ0) is 21.8. The lowest BCUT2D eigenvalue weighted by atomic mass is 9.63. The van der Waals surface area contributed by atoms with Gasteiger partial charge in [0.1, 0.15) is 24.0 Å². The second kappa shape index (κ2) is 10.1. The normalized spacial score (nSPS) is 26.3. The summed E-state index contributed by atoms with van der Waals surface area (Å²) in [5, 5.41) is 0.683. The molecule has 0 aliphatic heterocycles. The van der Waals surface area contributed by atoms with E-state index < -0.39 is 5.82 Å². The molecule has 31 heavy (non-hydrogen) atoms. The Hall–Kier alpha value is -1.90. The van der Waals surface area contributed by atoms with Crippen LogP contribution >= 0.6 is 0 Å². The molecule has 4 rings (SSSR count). The molecule has 1 nitrogen and oxygen atoms in total. The second-order valence-corrected chi connectivity index (χ2v) is 9.70. The van der Waals surface area contributed by atoms with Gasteiger partial charge in [-0.1, -0.05) is 56.9 Å². The standard InChI is InChI=1S/C28H36F2O/c1-3-5-7-19-8-9-21-16-22(11-10-20(21)15-19)25-13-12-23-17-24(31-14-6-4-2)18-26(29)27(23)28(25)30/h4,6,12-13,17-22H,3,5,7-11,14-16H2,1-2H3/b6-4+/t19?,20-,21?,22-/m1/s1. The minimum atomic E-state index is -0.530. The van der Waals surface area contributed by atoms with Crippen molar-refractivity contribution in [2.45, 2.75) is 77.6 Å². The molecule has 0 aromatic heterocycles. The van der Waals surface area contributed by atoms with Gasteiger partial charge in [-0.15, -0.1) is 0 Å². The Labute approximate surface area is 185 Å². The maximum Gasteiger partial charge on any atom is 0.137 e. The van der Waals surface area contributed by atoms with E-state index in [0.29, 0.717) is 29.2 Å². The van der Waals surface area contributed by atoms with E-state index >= 15 is 4.39 Å². The molecule has 0 heterocycles. The van der Waals surface area contributed by atoms with Crippen LogP contribution in [-0.2, 0) is 0 Å². The molecule has 2 fully saturated rings. The van der Waals surface area contributed by atoms with Gasteiger partial charge in [0.15, 0.2) is 0 Å². The predicted octanol–water partition coefficient (Wildman–Crippen LogP) is 8.56. The van der Waals surface area contributed by atoms with Crippen LogP contribution in [0, 0.1) is 29.4 Å². The number of ether oxygens (including phenoxy) is 1. The molecule has 3 heteroatoms. The van der Waals surface area contributed by atoms with E-state index in [0.717, 1.165) is 24.7 Å². The van der Waals surface area contributed by atoms with Crippen molar-refractivity contribution in [3.63, 3.8) is 0 Å². The molecule has 0 bridgehead atoms. The van der Waals surface area contributed by atoms with Crippen molar-refractivity contribution in [1.29, 1.82) is 0 Å². The summed E-state index contributed by atoms with van der Waals surface area (Å²) in [6, 6.07) is 6.81. The van der Waals surface area contributed by atoms with Crippen LogP contribution in [0.25, 0.3) is 10.8 Å². The van der Waals surface area contributed by atoms with Gasteiger partial charge in [-0.2, -0.15) is 0 Å². The van der Waals surface area contributed by atoms with Gasteiger partial charge in [0.2, 0.25) is 0 Å². The summed E-state index contributed by atoms with van der Waals surface area (Å²) in [5.41, 5.74) is 0.709. The van der Waals surface area contributed by atoms with Crippen molar-refractivity contribution in [2.75, 3.05) is 6.61 Å². The Balaban J connectivity index is 1.49. The van der Waals surface area contributed by atoms with Crippen molar-refractivity contribution < 1.29 is 13.5 Å². The van der Waals surface area contributed by atoms with Gasteiger partial charge in [0.05, 0.1) is 5.39 Å². The van der Waals surface area contributed by atoms with Crippen LogP contribution < -0.4 is 4.74 Å². The molecule has 2 unspecified atom stereocenters. The van der Waals surface area contributed by atoms with Crippen molar-refractivity contribution >= 4 is 10.8 Å². The molecular formula is C28H36F2O. The molecule has 2 aromatic carbocycles. The molecule has 0 N–H and O–H groups in total. The first kappa shape index (κ1) is 22.3. The SMILES string of the molecule is C/C=C/COc1cc(F)c2c(F)c([C@@H]3CC[C@@H]4CC(CCCC)CCC4C3)ccc2c1. The summed E-state index contributed by atoms with van der Waals surface area (Å²) in [7, 11) is 0. The Morgan fingerprint density at radius 3 is 2.65 bits per heavy atom. The predicted molar refractivity (Wildman–Crippen MR) is 125 cm³/mol. The lowest BCUT2D eigenvalue weighted by Gasteiger charge is -2.42. The van der Waals surface area contributed by atoms with Crippen molar-refractivity contribution in [3.8, 4) is 5.75 Å². The number of hydrogen-bond acceptors (Lipinski definition) is 1. The smallest absolute Gasteiger partial charge is 0.137 e. The monoisotopic (exact) mass is 426 g/mol. The van der Waals surface area contributed by atoms with Crippen LogP contribution in [0.2, 0.25) is 0 Å². The number of hydrogen-bond donors (Lipinski definition) is 0. The van der Waals surface area contributed by atoms with Gasteiger partial charge in [-0.25, -0.2) is 8.78 Å². The molecule has 2 aliphatic carbocycles. The molecule has 0 radical (unpaired) electrons. The number of benzene rings is 2. The van der Waals surface area contributed by atoms with E-state index in [-0.39, 0.29) is 17.1 Å². The Bertz CT molecular complexity index is 919. The van der Waals surface area contributed by atoms with E-state index in [4.69, 9.17) is 4.74 Å². The molecule has 2 aliphatic rings. The zero-order valence-corrected chi connectivity index (χ0v) is 19.0. The lowest BCUT2D eigenvalue weighted by Crippen LogP contribution is -2.30. The molecule has 0 saturated heterocycles. The number of allylic oxidation sites excluding steroid dienone is 1. The zero-order valence-electron chi connectivity index (χ0n) is 19.0. The number of rotatable bonds is 7. The summed E-state index contributed by atoms with van der Waals surface area (Å²) < 4.78 is 35.9. The molecule has 168 valence electrons. The fourth-order valence-corrected chi connectivity index (χ4v) is 6.03. The van der Waals surface area contributed by atoms with Crippen LogP contribution in [0.3, 0.4) is 0 Å². The minimum Gasteiger partial charge on any atom is -0.489 e. The molecule has 4 atom stereocenters. The summed E-state index contributed by atoms with van der Waals surface area (Å²) in [4.78, 5) is 0. The van der Waals surface area contributed by atoms with Crippen molar-refractivity contribution in [3.05, 3.63) is 53.6 Å². The highest BCUT2D eigenvalue weighted by atomic mass is 19.1. The quantitative estimate of drug-likeness (QED) is 0.403.